The van der Waals surface area contributed by atoms with Gasteiger partial charge in [0.15, 0.2) is 17.5 Å². The zero-order valence-corrected chi connectivity index (χ0v) is 33.2. The van der Waals surface area contributed by atoms with Gasteiger partial charge < -0.3 is 4.57 Å². The van der Waals surface area contributed by atoms with E-state index in [1.54, 1.807) is 0 Å². The Balaban J connectivity index is 1.04. The molecule has 7 aromatic carbocycles. The summed E-state index contributed by atoms with van der Waals surface area (Å²) in [7, 11) is -2.29. The van der Waals surface area contributed by atoms with Gasteiger partial charge in [-0.3, -0.25) is 0 Å². The van der Waals surface area contributed by atoms with Crippen molar-refractivity contribution in [2.75, 3.05) is 13.3 Å². The molecule has 2 saturated carbocycles. The molecular formula is C52H44N3OP. The number of nitrogens with zero attached hydrogens (tertiary/aromatic N) is 3. The van der Waals surface area contributed by atoms with Crippen LogP contribution in [0.15, 0.2) is 170 Å². The number of hydrogen-bond acceptors (Lipinski definition) is 4. The van der Waals surface area contributed by atoms with Crippen LogP contribution in [0.1, 0.15) is 36.8 Å². The van der Waals surface area contributed by atoms with Gasteiger partial charge in [-0.05, 0) is 94.6 Å². The number of aromatic nitrogens is 3. The summed E-state index contributed by atoms with van der Waals surface area (Å²) in [4.78, 5) is 15.5. The van der Waals surface area contributed by atoms with Crippen molar-refractivity contribution < 1.29 is 4.57 Å². The molecule has 4 nitrogen and oxygen atoms in total. The van der Waals surface area contributed by atoms with Crippen molar-refractivity contribution in [2.45, 2.75) is 31.1 Å². The maximum absolute atomic E-state index is 12.6. The summed E-state index contributed by atoms with van der Waals surface area (Å²) in [6, 6.07) is 60.4. The average Bonchev–Trinajstić information content (AvgIpc) is 3.89. The molecule has 1 heterocycles. The lowest BCUT2D eigenvalue weighted by Gasteiger charge is -2.39. The molecule has 57 heavy (non-hydrogen) atoms. The second-order valence-electron chi connectivity index (χ2n) is 16.4. The summed E-state index contributed by atoms with van der Waals surface area (Å²) in [5, 5.41) is 3.19. The smallest absolute Gasteiger partial charge is 0.164 e. The fourth-order valence-corrected chi connectivity index (χ4v) is 10.6. The van der Waals surface area contributed by atoms with E-state index in [0.29, 0.717) is 23.4 Å². The van der Waals surface area contributed by atoms with Crippen LogP contribution in [0.25, 0.3) is 67.2 Å². The first-order chi connectivity index (χ1) is 27.8. The van der Waals surface area contributed by atoms with E-state index in [-0.39, 0.29) is 5.41 Å². The van der Waals surface area contributed by atoms with E-state index >= 15 is 0 Å². The van der Waals surface area contributed by atoms with Gasteiger partial charge in [-0.2, -0.15) is 0 Å². The van der Waals surface area contributed by atoms with Gasteiger partial charge >= 0.3 is 0 Å². The summed E-state index contributed by atoms with van der Waals surface area (Å²) < 4.78 is 12.6. The van der Waals surface area contributed by atoms with E-state index in [1.165, 1.54) is 42.4 Å². The highest BCUT2D eigenvalue weighted by molar-refractivity contribution is 7.70. The number of benzene rings is 7. The predicted octanol–water partition coefficient (Wildman–Crippen LogP) is 12.7. The van der Waals surface area contributed by atoms with Crippen molar-refractivity contribution in [1.82, 2.24) is 15.0 Å². The second kappa shape index (κ2) is 14.2. The Kier molecular flexibility index (Phi) is 8.84. The Morgan fingerprint density at radius 2 is 1.05 bits per heavy atom. The lowest BCUT2D eigenvalue weighted by Crippen LogP contribution is -2.34. The van der Waals surface area contributed by atoms with Gasteiger partial charge in [0, 0.05) is 27.4 Å². The standard InChI is InChI=1S/C52H44N3OP/c1-57(2,56)46-30-23-38(24-31-46)37-19-26-43(27-20-37)52(34-35-18-25-45(52)32-35)44-28-21-40(22-29-44)49-53-50(42-15-8-14-41(33-42)36-10-4-3-5-11-36)55-51(54-49)48-17-9-13-39-12-6-7-16-47(39)48/h3-17,19-24,26-31,33,35,45H,18,25,32,34H2,1-2H3. The van der Waals surface area contributed by atoms with Gasteiger partial charge in [-0.15, -0.1) is 0 Å². The Morgan fingerprint density at radius 3 is 1.72 bits per heavy atom. The molecular weight excluding hydrogens is 714 g/mol. The SMILES string of the molecule is CP(C)(=O)c1ccc(-c2ccc(C3(c4ccc(-c5nc(-c6cccc(-c7ccccc7)c6)nc(-c6cccc7ccccc67)n5)cc4)CC4CCC3C4)cc2)cc1. The van der Waals surface area contributed by atoms with Crippen LogP contribution in [0.2, 0.25) is 0 Å². The Labute approximate surface area is 335 Å². The van der Waals surface area contributed by atoms with Crippen molar-refractivity contribution in [3.8, 4) is 56.4 Å². The topological polar surface area (TPSA) is 55.7 Å². The summed E-state index contributed by atoms with van der Waals surface area (Å²) in [6.07, 6.45) is 5.04. The van der Waals surface area contributed by atoms with E-state index in [4.69, 9.17) is 15.0 Å². The molecule has 3 unspecified atom stereocenters. The van der Waals surface area contributed by atoms with Gasteiger partial charge in [-0.25, -0.2) is 15.0 Å². The maximum atomic E-state index is 12.6. The van der Waals surface area contributed by atoms with Gasteiger partial charge in [0.25, 0.3) is 0 Å². The van der Waals surface area contributed by atoms with E-state index < -0.39 is 7.14 Å². The van der Waals surface area contributed by atoms with E-state index in [1.807, 2.05) is 31.5 Å². The molecule has 3 atom stereocenters. The molecule has 0 radical (unpaired) electrons. The molecule has 0 aliphatic heterocycles. The van der Waals surface area contributed by atoms with E-state index in [2.05, 4.69) is 152 Å². The highest BCUT2D eigenvalue weighted by Crippen LogP contribution is 2.60. The van der Waals surface area contributed by atoms with Crippen molar-refractivity contribution in [3.05, 3.63) is 181 Å². The van der Waals surface area contributed by atoms with Crippen LogP contribution < -0.4 is 5.30 Å². The van der Waals surface area contributed by atoms with E-state index in [0.717, 1.165) is 55.4 Å². The van der Waals surface area contributed by atoms with Crippen LogP contribution in [0.4, 0.5) is 0 Å². The molecule has 2 fully saturated rings. The molecule has 0 spiro atoms. The van der Waals surface area contributed by atoms with Crippen molar-refractivity contribution >= 4 is 23.2 Å². The monoisotopic (exact) mass is 757 g/mol. The summed E-state index contributed by atoms with van der Waals surface area (Å²) in [6.45, 7) is 3.66. The lowest BCUT2D eigenvalue weighted by atomic mass is 9.64. The van der Waals surface area contributed by atoms with Crippen LogP contribution in [-0.4, -0.2) is 28.3 Å². The molecule has 0 N–H and O–H groups in total. The normalized spacial score (nSPS) is 18.9. The highest BCUT2D eigenvalue weighted by atomic mass is 31.2. The molecule has 5 heteroatoms. The molecule has 0 amide bonds. The van der Waals surface area contributed by atoms with Crippen LogP contribution in [0, 0.1) is 11.8 Å². The van der Waals surface area contributed by atoms with Crippen molar-refractivity contribution in [1.29, 1.82) is 0 Å². The van der Waals surface area contributed by atoms with Crippen LogP contribution in [0.5, 0.6) is 0 Å². The molecule has 10 rings (SSSR count). The minimum absolute atomic E-state index is 0.0306. The summed E-state index contributed by atoms with van der Waals surface area (Å²) in [5.41, 5.74) is 10.3. The first-order valence-electron chi connectivity index (χ1n) is 20.1. The van der Waals surface area contributed by atoms with Crippen LogP contribution in [-0.2, 0) is 9.98 Å². The van der Waals surface area contributed by atoms with Crippen molar-refractivity contribution in [3.63, 3.8) is 0 Å². The first-order valence-corrected chi connectivity index (χ1v) is 22.7. The molecule has 1 aromatic heterocycles. The minimum Gasteiger partial charge on any atom is -0.319 e. The maximum Gasteiger partial charge on any atom is 0.164 e. The van der Waals surface area contributed by atoms with Crippen molar-refractivity contribution in [2.24, 2.45) is 11.8 Å². The summed E-state index contributed by atoms with van der Waals surface area (Å²) in [5.74, 6) is 3.35. The Morgan fingerprint density at radius 1 is 0.509 bits per heavy atom. The van der Waals surface area contributed by atoms with Gasteiger partial charge in [0.1, 0.15) is 7.14 Å². The predicted molar refractivity (Wildman–Crippen MR) is 236 cm³/mol. The number of rotatable bonds is 8. The Hall–Kier alpha value is -5.96. The summed E-state index contributed by atoms with van der Waals surface area (Å²) >= 11 is 0. The third-order valence-corrected chi connectivity index (χ3v) is 14.2. The van der Waals surface area contributed by atoms with Crippen LogP contribution in [0.3, 0.4) is 0 Å². The van der Waals surface area contributed by atoms with Gasteiger partial charge in [-0.1, -0.05) is 170 Å². The second-order valence-corrected chi connectivity index (χ2v) is 19.6. The molecule has 2 bridgehead atoms. The molecule has 2 aliphatic rings. The third-order valence-electron chi connectivity index (χ3n) is 12.6. The largest absolute Gasteiger partial charge is 0.319 e. The van der Waals surface area contributed by atoms with Gasteiger partial charge in [0.05, 0.1) is 0 Å². The van der Waals surface area contributed by atoms with Crippen LogP contribution >= 0.6 is 7.14 Å². The number of hydrogen-bond donors (Lipinski definition) is 0. The molecule has 0 saturated heterocycles. The fourth-order valence-electron chi connectivity index (χ4n) is 9.74. The fraction of sp³-hybridized carbons (Fsp3) is 0.173. The third kappa shape index (κ3) is 6.52. The molecule has 2 aliphatic carbocycles. The first kappa shape index (κ1) is 35.5. The number of fused-ring (bicyclic) bond motifs is 3. The quantitative estimate of drug-likeness (QED) is 0.145. The molecule has 8 aromatic rings. The van der Waals surface area contributed by atoms with E-state index in [9.17, 15) is 4.57 Å². The minimum atomic E-state index is -2.29. The lowest BCUT2D eigenvalue weighted by molar-refractivity contribution is 0.320. The Bertz CT molecular complexity index is 2790. The molecule has 278 valence electrons. The zero-order valence-electron chi connectivity index (χ0n) is 32.3. The average molecular weight is 758 g/mol. The highest BCUT2D eigenvalue weighted by Gasteiger charge is 2.52. The van der Waals surface area contributed by atoms with Gasteiger partial charge in [0.2, 0.25) is 0 Å². The zero-order chi connectivity index (χ0) is 38.6.